The number of nitrogens with zero attached hydrogens (tertiary/aromatic N) is 2. The monoisotopic (exact) mass is 340 g/mol. The molecule has 1 fully saturated rings. The van der Waals surface area contributed by atoms with Crippen LogP contribution in [0.4, 0.5) is 0 Å². The van der Waals surface area contributed by atoms with E-state index in [1.807, 2.05) is 22.8 Å². The molecule has 0 aliphatic carbocycles. The Bertz CT molecular complexity index is 728. The van der Waals surface area contributed by atoms with Crippen molar-refractivity contribution in [2.45, 2.75) is 52.5 Å². The van der Waals surface area contributed by atoms with E-state index < -0.39 is 0 Å². The highest BCUT2D eigenvalue weighted by Gasteiger charge is 2.20. The van der Waals surface area contributed by atoms with Crippen molar-refractivity contribution in [1.82, 2.24) is 9.47 Å². The summed E-state index contributed by atoms with van der Waals surface area (Å²) in [6, 6.07) is 11.8. The summed E-state index contributed by atoms with van der Waals surface area (Å²) in [5, 5.41) is 1.14. The maximum Gasteiger partial charge on any atom is 0.251 e. The van der Waals surface area contributed by atoms with Gasteiger partial charge in [0.15, 0.2) is 0 Å². The van der Waals surface area contributed by atoms with E-state index in [0.29, 0.717) is 5.92 Å². The third-order valence-corrected chi connectivity index (χ3v) is 5.64. The second-order valence-electron chi connectivity index (χ2n) is 7.83. The van der Waals surface area contributed by atoms with E-state index in [4.69, 9.17) is 0 Å². The average molecular weight is 341 g/mol. The molecule has 136 valence electrons. The highest BCUT2D eigenvalue weighted by molar-refractivity contribution is 5.78. The lowest BCUT2D eigenvalue weighted by atomic mass is 9.91. The normalized spacial score (nSPS) is 17.8. The maximum atomic E-state index is 12.4. The average Bonchev–Trinajstić information content (AvgIpc) is 2.63. The Morgan fingerprint density at radius 3 is 2.60 bits per heavy atom. The van der Waals surface area contributed by atoms with E-state index in [1.165, 1.54) is 45.2 Å². The minimum atomic E-state index is 0.115. The van der Waals surface area contributed by atoms with Crippen LogP contribution in [0.1, 0.15) is 46.0 Å². The van der Waals surface area contributed by atoms with Gasteiger partial charge in [-0.1, -0.05) is 51.3 Å². The maximum absolute atomic E-state index is 12.4. The van der Waals surface area contributed by atoms with Crippen molar-refractivity contribution in [3.63, 3.8) is 0 Å². The molecular weight excluding hydrogens is 308 g/mol. The summed E-state index contributed by atoms with van der Waals surface area (Å²) < 4.78 is 1.95. The van der Waals surface area contributed by atoms with Crippen molar-refractivity contribution >= 4 is 10.9 Å². The highest BCUT2D eigenvalue weighted by atomic mass is 16.1. The zero-order valence-corrected chi connectivity index (χ0v) is 15.8. The van der Waals surface area contributed by atoms with Crippen molar-refractivity contribution in [1.29, 1.82) is 0 Å². The number of pyridine rings is 1. The Morgan fingerprint density at radius 1 is 1.08 bits per heavy atom. The van der Waals surface area contributed by atoms with Gasteiger partial charge in [-0.25, -0.2) is 0 Å². The second kappa shape index (κ2) is 8.66. The van der Waals surface area contributed by atoms with Crippen LogP contribution in [0.3, 0.4) is 0 Å². The number of para-hydroxylation sites is 1. The number of hydrogen-bond acceptors (Lipinski definition) is 2. The van der Waals surface area contributed by atoms with Crippen molar-refractivity contribution < 1.29 is 0 Å². The number of unbranched alkanes of at least 4 members (excludes halogenated alkanes) is 1. The van der Waals surface area contributed by atoms with Gasteiger partial charge in [-0.05, 0) is 55.3 Å². The van der Waals surface area contributed by atoms with Gasteiger partial charge in [-0.15, -0.1) is 0 Å². The van der Waals surface area contributed by atoms with E-state index in [1.54, 1.807) is 6.07 Å². The zero-order chi connectivity index (χ0) is 17.6. The van der Waals surface area contributed by atoms with Crippen LogP contribution in [0.15, 0.2) is 41.2 Å². The summed E-state index contributed by atoms with van der Waals surface area (Å²) >= 11 is 0. The molecular formula is C22H32N2O. The van der Waals surface area contributed by atoms with Gasteiger partial charge in [0, 0.05) is 19.2 Å². The predicted molar refractivity (Wildman–Crippen MR) is 106 cm³/mol. The number of hydrogen-bond donors (Lipinski definition) is 0. The van der Waals surface area contributed by atoms with Gasteiger partial charge in [-0.2, -0.15) is 0 Å². The number of piperidine rings is 1. The molecule has 0 radical (unpaired) electrons. The molecule has 0 saturated carbocycles. The van der Waals surface area contributed by atoms with Crippen molar-refractivity contribution in [2.24, 2.45) is 11.8 Å². The first-order chi connectivity index (χ1) is 12.2. The fourth-order valence-corrected chi connectivity index (χ4v) is 4.19. The van der Waals surface area contributed by atoms with E-state index in [-0.39, 0.29) is 5.56 Å². The highest BCUT2D eigenvalue weighted by Crippen LogP contribution is 2.23. The van der Waals surface area contributed by atoms with Crippen LogP contribution >= 0.6 is 0 Å². The molecule has 0 bridgehead atoms. The number of likely N-dealkylation sites (tertiary alicyclic amines) is 1. The van der Waals surface area contributed by atoms with Gasteiger partial charge in [0.05, 0.1) is 5.52 Å². The molecule has 1 atom stereocenters. The second-order valence-corrected chi connectivity index (χ2v) is 7.83. The molecule has 2 heterocycles. The molecule has 3 rings (SSSR count). The number of aromatic nitrogens is 1. The largest absolute Gasteiger partial charge is 0.308 e. The first kappa shape index (κ1) is 18.2. The third kappa shape index (κ3) is 4.72. The van der Waals surface area contributed by atoms with Crippen LogP contribution in [0, 0.1) is 11.8 Å². The van der Waals surface area contributed by atoms with Crippen LogP contribution in [-0.4, -0.2) is 29.1 Å². The van der Waals surface area contributed by atoms with E-state index in [9.17, 15) is 4.79 Å². The Kier molecular flexibility index (Phi) is 6.30. The van der Waals surface area contributed by atoms with Gasteiger partial charge in [0.1, 0.15) is 0 Å². The molecule has 1 aromatic heterocycles. The standard InChI is InChI=1S/C22H32N2O/c1-3-4-7-19-12-14-23(15-13-19)16-18(2)17-24-21-9-6-5-8-20(21)10-11-22(24)25/h5-6,8-11,18-19H,3-4,7,12-17H2,1-2H3. The summed E-state index contributed by atoms with van der Waals surface area (Å²) in [5.41, 5.74) is 1.17. The van der Waals surface area contributed by atoms with Gasteiger partial charge in [-0.3, -0.25) is 4.79 Å². The van der Waals surface area contributed by atoms with Crippen molar-refractivity contribution in [2.75, 3.05) is 19.6 Å². The van der Waals surface area contributed by atoms with Crippen LogP contribution in [-0.2, 0) is 6.54 Å². The van der Waals surface area contributed by atoms with Crippen LogP contribution in [0.25, 0.3) is 10.9 Å². The molecule has 25 heavy (non-hydrogen) atoms. The Hall–Kier alpha value is -1.61. The molecule has 3 heteroatoms. The first-order valence-electron chi connectivity index (χ1n) is 9.98. The SMILES string of the molecule is CCCCC1CCN(CC(C)Cn2c(=O)ccc3ccccc32)CC1. The molecule has 1 aliphatic heterocycles. The molecule has 0 N–H and O–H groups in total. The third-order valence-electron chi connectivity index (χ3n) is 5.64. The fraction of sp³-hybridized carbons (Fsp3) is 0.591. The van der Waals surface area contributed by atoms with Gasteiger partial charge >= 0.3 is 0 Å². The Balaban J connectivity index is 1.58. The first-order valence-corrected chi connectivity index (χ1v) is 9.98. The zero-order valence-electron chi connectivity index (χ0n) is 15.8. The number of rotatable bonds is 7. The van der Waals surface area contributed by atoms with E-state index >= 15 is 0 Å². The molecule has 1 unspecified atom stereocenters. The Morgan fingerprint density at radius 2 is 1.84 bits per heavy atom. The molecule has 1 saturated heterocycles. The summed E-state index contributed by atoms with van der Waals surface area (Å²) in [7, 11) is 0. The van der Waals surface area contributed by atoms with E-state index in [0.717, 1.165) is 29.9 Å². The fourth-order valence-electron chi connectivity index (χ4n) is 4.19. The van der Waals surface area contributed by atoms with Crippen LogP contribution < -0.4 is 5.56 Å². The van der Waals surface area contributed by atoms with Crippen LogP contribution in [0.2, 0.25) is 0 Å². The summed E-state index contributed by atoms with van der Waals surface area (Å²) in [6.45, 7) is 8.90. The molecule has 1 aliphatic rings. The predicted octanol–water partition coefficient (Wildman–Crippen LogP) is 4.54. The van der Waals surface area contributed by atoms with E-state index in [2.05, 4.69) is 30.9 Å². The smallest absolute Gasteiger partial charge is 0.251 e. The number of fused-ring (bicyclic) bond motifs is 1. The molecule has 3 nitrogen and oxygen atoms in total. The molecule has 0 amide bonds. The molecule has 0 spiro atoms. The van der Waals surface area contributed by atoms with Gasteiger partial charge in [0.25, 0.3) is 5.56 Å². The summed E-state index contributed by atoms with van der Waals surface area (Å²) in [4.78, 5) is 15.0. The number of benzene rings is 1. The minimum Gasteiger partial charge on any atom is -0.308 e. The van der Waals surface area contributed by atoms with Gasteiger partial charge < -0.3 is 9.47 Å². The lowest BCUT2D eigenvalue weighted by Gasteiger charge is -2.33. The summed E-state index contributed by atoms with van der Waals surface area (Å²) in [6.07, 6.45) is 6.80. The van der Waals surface area contributed by atoms with Gasteiger partial charge in [0.2, 0.25) is 0 Å². The lowest BCUT2D eigenvalue weighted by Crippen LogP contribution is -2.38. The lowest BCUT2D eigenvalue weighted by molar-refractivity contribution is 0.154. The van der Waals surface area contributed by atoms with Crippen molar-refractivity contribution in [3.05, 3.63) is 46.8 Å². The van der Waals surface area contributed by atoms with Crippen molar-refractivity contribution in [3.8, 4) is 0 Å². The molecule has 1 aromatic carbocycles. The minimum absolute atomic E-state index is 0.115. The Labute approximate surface area is 151 Å². The van der Waals surface area contributed by atoms with Crippen LogP contribution in [0.5, 0.6) is 0 Å². The quantitative estimate of drug-likeness (QED) is 0.739. The topological polar surface area (TPSA) is 25.2 Å². The molecule has 2 aromatic rings. The summed E-state index contributed by atoms with van der Waals surface area (Å²) in [5.74, 6) is 1.42.